The van der Waals surface area contributed by atoms with E-state index in [1.54, 1.807) is 0 Å². The lowest BCUT2D eigenvalue weighted by molar-refractivity contribution is -0.129. The fraction of sp³-hybridized carbons (Fsp3) is 0.833. The first kappa shape index (κ1) is 12.2. The van der Waals surface area contributed by atoms with Gasteiger partial charge in [-0.15, -0.1) is 0 Å². The molecular formula is C12H20N2O3. The highest BCUT2D eigenvalue weighted by molar-refractivity contribution is 5.82. The molecular weight excluding hydrogens is 220 g/mol. The number of likely N-dealkylation sites (tertiary alicyclic amines) is 1. The third kappa shape index (κ3) is 2.90. The number of methoxy groups -OCH3 is 1. The van der Waals surface area contributed by atoms with E-state index in [0.717, 1.165) is 13.1 Å². The van der Waals surface area contributed by atoms with E-state index in [1.165, 1.54) is 32.8 Å². The molecule has 17 heavy (non-hydrogen) atoms. The van der Waals surface area contributed by atoms with E-state index in [0.29, 0.717) is 11.8 Å². The number of nitrogens with zero attached hydrogens (tertiary/aromatic N) is 1. The third-order valence-corrected chi connectivity index (χ3v) is 3.90. The van der Waals surface area contributed by atoms with Crippen molar-refractivity contribution in [3.05, 3.63) is 0 Å². The molecule has 0 aromatic heterocycles. The Kier molecular flexibility index (Phi) is 3.86. The van der Waals surface area contributed by atoms with Gasteiger partial charge in [-0.3, -0.25) is 4.79 Å². The Morgan fingerprint density at radius 2 is 1.82 bits per heavy atom. The lowest BCUT2D eigenvalue weighted by Gasteiger charge is -2.22. The highest BCUT2D eigenvalue weighted by Crippen LogP contribution is 2.35. The zero-order valence-electron chi connectivity index (χ0n) is 10.3. The molecule has 2 atom stereocenters. The molecule has 0 spiro atoms. The number of hydrogen-bond acceptors (Lipinski definition) is 3. The molecule has 2 aliphatic rings. The van der Waals surface area contributed by atoms with Crippen molar-refractivity contribution in [3.8, 4) is 0 Å². The van der Waals surface area contributed by atoms with Gasteiger partial charge in [0.2, 0.25) is 5.91 Å². The number of carbonyl (C=O) groups is 2. The van der Waals surface area contributed by atoms with E-state index in [-0.39, 0.29) is 12.5 Å². The maximum absolute atomic E-state index is 11.9. The maximum Gasteiger partial charge on any atom is 0.407 e. The number of nitrogens with one attached hydrogen (secondary N) is 1. The topological polar surface area (TPSA) is 58.6 Å². The number of ether oxygens (including phenoxy) is 1. The van der Waals surface area contributed by atoms with Crippen molar-refractivity contribution in [2.45, 2.75) is 25.7 Å². The van der Waals surface area contributed by atoms with Gasteiger partial charge in [0, 0.05) is 13.1 Å². The molecule has 96 valence electrons. The van der Waals surface area contributed by atoms with E-state index in [4.69, 9.17) is 0 Å². The number of hydrogen-bond donors (Lipinski definition) is 1. The van der Waals surface area contributed by atoms with Crippen LogP contribution in [-0.4, -0.2) is 43.6 Å². The van der Waals surface area contributed by atoms with Gasteiger partial charge in [0.25, 0.3) is 0 Å². The summed E-state index contributed by atoms with van der Waals surface area (Å²) >= 11 is 0. The van der Waals surface area contributed by atoms with Crippen LogP contribution >= 0.6 is 0 Å². The molecule has 0 radical (unpaired) electrons. The Labute approximate surface area is 101 Å². The average molecular weight is 240 g/mol. The Morgan fingerprint density at radius 3 is 2.35 bits per heavy atom. The van der Waals surface area contributed by atoms with Gasteiger partial charge in [0.05, 0.1) is 7.11 Å². The van der Waals surface area contributed by atoms with Crippen molar-refractivity contribution in [2.75, 3.05) is 26.7 Å². The van der Waals surface area contributed by atoms with Gasteiger partial charge in [0.15, 0.2) is 0 Å². The van der Waals surface area contributed by atoms with Crippen LogP contribution in [0, 0.1) is 11.8 Å². The molecule has 1 aliphatic carbocycles. The molecule has 1 saturated heterocycles. The molecule has 0 aromatic rings. The molecule has 2 fully saturated rings. The molecule has 1 saturated carbocycles. The molecule has 0 bridgehead atoms. The lowest BCUT2D eigenvalue weighted by Crippen LogP contribution is -2.39. The van der Waals surface area contributed by atoms with Crippen LogP contribution in [0.4, 0.5) is 4.79 Å². The predicted octanol–water partition coefficient (Wildman–Crippen LogP) is 0.991. The fourth-order valence-electron chi connectivity index (χ4n) is 2.94. The van der Waals surface area contributed by atoms with Gasteiger partial charge >= 0.3 is 6.09 Å². The molecule has 1 N–H and O–H groups in total. The summed E-state index contributed by atoms with van der Waals surface area (Å²) in [5, 5.41) is 2.44. The van der Waals surface area contributed by atoms with Crippen molar-refractivity contribution in [2.24, 2.45) is 11.8 Å². The number of alkyl carbamates (subject to hydrolysis) is 1. The minimum atomic E-state index is -0.546. The van der Waals surface area contributed by atoms with Gasteiger partial charge in [-0.25, -0.2) is 4.79 Å². The summed E-state index contributed by atoms with van der Waals surface area (Å²) in [5.74, 6) is 1.38. The van der Waals surface area contributed by atoms with Crippen molar-refractivity contribution < 1.29 is 14.3 Å². The van der Waals surface area contributed by atoms with Crippen LogP contribution in [0.15, 0.2) is 0 Å². The second-order valence-corrected chi connectivity index (χ2v) is 4.95. The summed E-state index contributed by atoms with van der Waals surface area (Å²) in [6.07, 6.45) is 4.54. The third-order valence-electron chi connectivity index (χ3n) is 3.90. The van der Waals surface area contributed by atoms with Crippen LogP contribution in [-0.2, 0) is 9.53 Å². The molecule has 2 unspecified atom stereocenters. The van der Waals surface area contributed by atoms with E-state index in [2.05, 4.69) is 10.1 Å². The molecule has 5 nitrogen and oxygen atoms in total. The van der Waals surface area contributed by atoms with Gasteiger partial charge < -0.3 is 15.0 Å². The molecule has 2 rings (SSSR count). The van der Waals surface area contributed by atoms with E-state index in [9.17, 15) is 9.59 Å². The van der Waals surface area contributed by atoms with E-state index < -0.39 is 6.09 Å². The summed E-state index contributed by atoms with van der Waals surface area (Å²) in [7, 11) is 1.30. The van der Waals surface area contributed by atoms with E-state index in [1.807, 2.05) is 4.90 Å². The van der Waals surface area contributed by atoms with Crippen LogP contribution in [0.25, 0.3) is 0 Å². The van der Waals surface area contributed by atoms with Crippen LogP contribution in [0.2, 0.25) is 0 Å². The average Bonchev–Trinajstić information content (AvgIpc) is 2.79. The predicted molar refractivity (Wildman–Crippen MR) is 62.4 cm³/mol. The van der Waals surface area contributed by atoms with E-state index >= 15 is 0 Å². The molecule has 2 amide bonds. The molecule has 0 aromatic carbocycles. The first-order chi connectivity index (χ1) is 8.20. The zero-order valence-corrected chi connectivity index (χ0v) is 10.3. The van der Waals surface area contributed by atoms with Crippen LogP contribution in [0.5, 0.6) is 0 Å². The molecule has 1 heterocycles. The van der Waals surface area contributed by atoms with Crippen molar-refractivity contribution in [1.82, 2.24) is 10.2 Å². The Balaban J connectivity index is 1.79. The number of fused-ring (bicyclic) bond motifs is 1. The molecule has 5 heteroatoms. The summed E-state index contributed by atoms with van der Waals surface area (Å²) in [6.45, 7) is 1.78. The Bertz CT molecular complexity index is 292. The Hall–Kier alpha value is -1.26. The highest BCUT2D eigenvalue weighted by Gasteiger charge is 2.36. The number of rotatable bonds is 2. The summed E-state index contributed by atoms with van der Waals surface area (Å²) in [6, 6.07) is 0. The second-order valence-electron chi connectivity index (χ2n) is 4.95. The molecule has 1 aliphatic heterocycles. The standard InChI is InChI=1S/C12H20N2O3/c1-17-12(16)13-6-11(15)14-7-9-4-2-3-5-10(9)8-14/h9-10H,2-8H2,1H3,(H,13,16). The minimum Gasteiger partial charge on any atom is -0.453 e. The van der Waals surface area contributed by atoms with Crippen molar-refractivity contribution in [1.29, 1.82) is 0 Å². The maximum atomic E-state index is 11.9. The first-order valence-electron chi connectivity index (χ1n) is 6.30. The quantitative estimate of drug-likeness (QED) is 0.783. The van der Waals surface area contributed by atoms with Crippen molar-refractivity contribution in [3.63, 3.8) is 0 Å². The number of carbonyl (C=O) groups excluding carboxylic acids is 2. The summed E-state index contributed by atoms with van der Waals surface area (Å²) in [5.41, 5.74) is 0. The smallest absolute Gasteiger partial charge is 0.407 e. The zero-order chi connectivity index (χ0) is 12.3. The SMILES string of the molecule is COC(=O)NCC(=O)N1CC2CCCCC2C1. The fourth-order valence-corrected chi connectivity index (χ4v) is 2.94. The van der Waals surface area contributed by atoms with Gasteiger partial charge in [-0.2, -0.15) is 0 Å². The van der Waals surface area contributed by atoms with Crippen LogP contribution < -0.4 is 5.32 Å². The normalized spacial score (nSPS) is 27.5. The highest BCUT2D eigenvalue weighted by atomic mass is 16.5. The van der Waals surface area contributed by atoms with Crippen LogP contribution in [0.1, 0.15) is 25.7 Å². The second kappa shape index (κ2) is 5.38. The van der Waals surface area contributed by atoms with Gasteiger partial charge in [-0.1, -0.05) is 12.8 Å². The van der Waals surface area contributed by atoms with Gasteiger partial charge in [-0.05, 0) is 24.7 Å². The summed E-state index contributed by atoms with van der Waals surface area (Å²) < 4.78 is 4.44. The summed E-state index contributed by atoms with van der Waals surface area (Å²) in [4.78, 5) is 24.6. The Morgan fingerprint density at radius 1 is 1.24 bits per heavy atom. The van der Waals surface area contributed by atoms with Gasteiger partial charge in [0.1, 0.15) is 6.54 Å². The monoisotopic (exact) mass is 240 g/mol. The number of amides is 2. The minimum absolute atomic E-state index is 0.00444. The first-order valence-corrected chi connectivity index (χ1v) is 6.30. The largest absolute Gasteiger partial charge is 0.453 e. The van der Waals surface area contributed by atoms with Crippen molar-refractivity contribution >= 4 is 12.0 Å². The lowest BCUT2D eigenvalue weighted by atomic mass is 9.82. The van der Waals surface area contributed by atoms with Crippen LogP contribution in [0.3, 0.4) is 0 Å².